The number of nitrogens with two attached hydrogens (primary N) is 1. The van der Waals surface area contributed by atoms with Crippen molar-refractivity contribution in [3.05, 3.63) is 53.6 Å². The number of nitrogen functional groups attached to an aromatic ring is 1. The van der Waals surface area contributed by atoms with Crippen molar-refractivity contribution in [1.82, 2.24) is 15.0 Å². The van der Waals surface area contributed by atoms with E-state index in [4.69, 9.17) is 10.5 Å². The number of ether oxygens (including phenoxy) is 1. The van der Waals surface area contributed by atoms with Crippen LogP contribution in [0.15, 0.2) is 36.4 Å². The summed E-state index contributed by atoms with van der Waals surface area (Å²) in [5.74, 6) is -1.61. The van der Waals surface area contributed by atoms with Gasteiger partial charge in [0.1, 0.15) is 11.5 Å². The first-order valence-corrected chi connectivity index (χ1v) is 10.0. The minimum absolute atomic E-state index is 0.00571. The van der Waals surface area contributed by atoms with Crippen LogP contribution in [-0.2, 0) is 4.79 Å². The third-order valence-corrected chi connectivity index (χ3v) is 5.04. The number of hydrogen-bond acceptors (Lipinski definition) is 6. The maximum atomic E-state index is 13.5. The summed E-state index contributed by atoms with van der Waals surface area (Å²) in [6.07, 6.45) is -2.66. The Labute approximate surface area is 188 Å². The van der Waals surface area contributed by atoms with Crippen LogP contribution in [0.1, 0.15) is 38.1 Å². The van der Waals surface area contributed by atoms with Crippen molar-refractivity contribution in [3.63, 3.8) is 0 Å². The Morgan fingerprint density at radius 2 is 1.79 bits per heavy atom. The largest absolute Gasteiger partial charge is 0.481 e. The van der Waals surface area contributed by atoms with Gasteiger partial charge in [0.25, 0.3) is 6.43 Å². The number of hydrogen-bond donors (Lipinski definition) is 2. The first-order valence-electron chi connectivity index (χ1n) is 10.0. The zero-order valence-electron chi connectivity index (χ0n) is 18.3. The molecule has 0 aliphatic carbocycles. The Morgan fingerprint density at radius 1 is 1.12 bits per heavy atom. The second-order valence-electron chi connectivity index (χ2n) is 8.13. The Hall–Kier alpha value is -3.69. The highest BCUT2D eigenvalue weighted by Crippen LogP contribution is 2.39. The molecule has 0 amide bonds. The molecule has 0 saturated carbocycles. The lowest BCUT2D eigenvalue weighted by Crippen LogP contribution is -2.26. The molecule has 0 atom stereocenters. The molecule has 0 aliphatic rings. The number of carbonyl (C=O) groups is 1. The molecule has 174 valence electrons. The van der Waals surface area contributed by atoms with Crippen molar-refractivity contribution in [2.45, 2.75) is 33.6 Å². The monoisotopic (exact) mass is 460 g/mol. The van der Waals surface area contributed by atoms with E-state index in [2.05, 4.69) is 15.0 Å². The minimum atomic E-state index is -2.81. The van der Waals surface area contributed by atoms with E-state index in [1.807, 2.05) is 0 Å². The Morgan fingerprint density at radius 3 is 2.39 bits per heavy atom. The average molecular weight is 460 g/mol. The van der Waals surface area contributed by atoms with Crippen LogP contribution in [-0.4, -0.2) is 32.6 Å². The van der Waals surface area contributed by atoms with Gasteiger partial charge in [0.15, 0.2) is 0 Å². The number of aromatic nitrogens is 3. The number of rotatable bonds is 8. The summed E-state index contributed by atoms with van der Waals surface area (Å²) < 4.78 is 46.2. The number of nitrogens with zero attached hydrogens (tertiary/aromatic N) is 3. The van der Waals surface area contributed by atoms with Crippen molar-refractivity contribution < 1.29 is 27.8 Å². The molecular weight excluding hydrogens is 437 g/mol. The number of carboxylic acids is 1. The van der Waals surface area contributed by atoms with Gasteiger partial charge in [0.05, 0.1) is 23.3 Å². The van der Waals surface area contributed by atoms with Crippen LogP contribution in [0, 0.1) is 18.2 Å². The van der Waals surface area contributed by atoms with Crippen LogP contribution < -0.4 is 10.5 Å². The fourth-order valence-electron chi connectivity index (χ4n) is 3.10. The lowest BCUT2D eigenvalue weighted by molar-refractivity contribution is -0.147. The lowest BCUT2D eigenvalue weighted by Gasteiger charge is -2.20. The highest BCUT2D eigenvalue weighted by molar-refractivity contribution is 5.85. The second kappa shape index (κ2) is 9.43. The minimum Gasteiger partial charge on any atom is -0.481 e. The molecule has 3 rings (SSSR count). The van der Waals surface area contributed by atoms with E-state index in [1.54, 1.807) is 26.8 Å². The molecule has 7 nitrogen and oxygen atoms in total. The van der Waals surface area contributed by atoms with Crippen LogP contribution in [0.3, 0.4) is 0 Å². The van der Waals surface area contributed by atoms with Crippen molar-refractivity contribution in [2.75, 3.05) is 12.3 Å². The van der Waals surface area contributed by atoms with Crippen molar-refractivity contribution in [3.8, 4) is 28.3 Å². The van der Waals surface area contributed by atoms with E-state index in [0.717, 1.165) is 0 Å². The van der Waals surface area contributed by atoms with Crippen molar-refractivity contribution >= 4 is 11.9 Å². The molecule has 3 N–H and O–H groups in total. The van der Waals surface area contributed by atoms with Crippen LogP contribution in [0.25, 0.3) is 22.4 Å². The summed E-state index contributed by atoms with van der Waals surface area (Å²) in [4.78, 5) is 23.7. The van der Waals surface area contributed by atoms with Crippen LogP contribution in [0.4, 0.5) is 19.1 Å². The molecule has 0 fully saturated rings. The van der Waals surface area contributed by atoms with Gasteiger partial charge in [-0.1, -0.05) is 0 Å². The van der Waals surface area contributed by atoms with Crippen LogP contribution >= 0.6 is 0 Å². The third-order valence-electron chi connectivity index (χ3n) is 5.04. The highest BCUT2D eigenvalue weighted by Gasteiger charge is 2.28. The number of aryl methyl sites for hydroxylation is 1. The first kappa shape index (κ1) is 24.0. The molecule has 0 aliphatic heterocycles. The predicted octanol–water partition coefficient (Wildman–Crippen LogP) is 5.05. The number of carboxylic acid groups (broad SMARTS) is 1. The van der Waals surface area contributed by atoms with Gasteiger partial charge in [0, 0.05) is 11.3 Å². The van der Waals surface area contributed by atoms with Gasteiger partial charge in [-0.05, 0) is 69.2 Å². The summed E-state index contributed by atoms with van der Waals surface area (Å²) in [6.45, 7) is 4.65. The van der Waals surface area contributed by atoms with Crippen molar-refractivity contribution in [1.29, 1.82) is 0 Å². The summed E-state index contributed by atoms with van der Waals surface area (Å²) in [6, 6.07) is 8.18. The van der Waals surface area contributed by atoms with E-state index in [-0.39, 0.29) is 36.1 Å². The summed E-state index contributed by atoms with van der Waals surface area (Å²) in [5, 5.41) is 9.33. The second-order valence-corrected chi connectivity index (χ2v) is 8.13. The standard InChI is InChI=1S/C23H23F3N4O3/c1-12-10-14(11-16(28-12)19(25)26)17-18(13-4-6-15(24)7-5-13)29-22(27)30-20(17)33-9-8-23(2,3)21(31)32/h4-7,10-11,19H,8-9H2,1-3H3,(H,31,32)(H2,27,29,30). The van der Waals surface area contributed by atoms with E-state index in [1.165, 1.54) is 30.3 Å². The fourth-order valence-corrected chi connectivity index (χ4v) is 3.10. The molecule has 0 saturated heterocycles. The Kier molecular flexibility index (Phi) is 6.85. The molecule has 2 aromatic heterocycles. The van der Waals surface area contributed by atoms with Crippen LogP contribution in [0.2, 0.25) is 0 Å². The van der Waals surface area contributed by atoms with Crippen LogP contribution in [0.5, 0.6) is 5.88 Å². The molecule has 10 heteroatoms. The van der Waals surface area contributed by atoms with Crippen molar-refractivity contribution in [2.24, 2.45) is 5.41 Å². The molecule has 2 heterocycles. The molecule has 1 aromatic carbocycles. The molecule has 0 radical (unpaired) electrons. The van der Waals surface area contributed by atoms with E-state index in [0.29, 0.717) is 16.8 Å². The van der Waals surface area contributed by atoms with E-state index >= 15 is 0 Å². The normalized spacial score (nSPS) is 11.6. The summed E-state index contributed by atoms with van der Waals surface area (Å²) in [7, 11) is 0. The fraction of sp³-hybridized carbons (Fsp3) is 0.304. The Bertz CT molecular complexity index is 1170. The molecular formula is C23H23F3N4O3. The van der Waals surface area contributed by atoms with Gasteiger partial charge >= 0.3 is 5.97 Å². The number of alkyl halides is 2. The smallest absolute Gasteiger partial charge is 0.309 e. The molecule has 3 aromatic rings. The maximum absolute atomic E-state index is 13.5. The number of aliphatic carboxylic acids is 1. The van der Waals surface area contributed by atoms with Gasteiger partial charge < -0.3 is 15.6 Å². The lowest BCUT2D eigenvalue weighted by atomic mass is 9.90. The summed E-state index contributed by atoms with van der Waals surface area (Å²) in [5.41, 5.74) is 6.00. The quantitative estimate of drug-likeness (QED) is 0.484. The SMILES string of the molecule is Cc1cc(-c2c(OCCC(C)(C)C(=O)O)nc(N)nc2-c2ccc(F)cc2)cc(C(F)F)n1. The van der Waals surface area contributed by atoms with Gasteiger partial charge in [0.2, 0.25) is 11.8 Å². The van der Waals surface area contributed by atoms with Gasteiger partial charge in [-0.15, -0.1) is 0 Å². The summed E-state index contributed by atoms with van der Waals surface area (Å²) >= 11 is 0. The zero-order valence-corrected chi connectivity index (χ0v) is 18.3. The van der Waals surface area contributed by atoms with E-state index in [9.17, 15) is 23.1 Å². The van der Waals surface area contributed by atoms with E-state index < -0.39 is 29.3 Å². The van der Waals surface area contributed by atoms with Gasteiger partial charge in [-0.3, -0.25) is 9.78 Å². The molecule has 33 heavy (non-hydrogen) atoms. The number of pyridine rings is 1. The topological polar surface area (TPSA) is 111 Å². The van der Waals surface area contributed by atoms with Gasteiger partial charge in [-0.25, -0.2) is 18.2 Å². The zero-order chi connectivity index (χ0) is 24.3. The maximum Gasteiger partial charge on any atom is 0.309 e. The predicted molar refractivity (Wildman–Crippen MR) is 116 cm³/mol. The number of benzene rings is 1. The molecule has 0 unspecified atom stereocenters. The molecule has 0 bridgehead atoms. The van der Waals surface area contributed by atoms with Gasteiger partial charge in [-0.2, -0.15) is 4.98 Å². The average Bonchev–Trinajstić information content (AvgIpc) is 2.73. The number of halogens is 3. The third kappa shape index (κ3) is 5.57. The first-order chi connectivity index (χ1) is 15.5. The Balaban J connectivity index is 2.17. The number of anilines is 1. The molecule has 0 spiro atoms. The highest BCUT2D eigenvalue weighted by atomic mass is 19.3.